The number of anilines is 2. The molecule has 1 N–H and O–H groups in total. The maximum Gasteiger partial charge on any atom is 0.339 e. The molecule has 3 rings (SSSR count). The molecular weight excluding hydrogens is 404 g/mol. The Morgan fingerprint density at radius 3 is 2.26 bits per heavy atom. The summed E-state index contributed by atoms with van der Waals surface area (Å²) in [7, 11) is 3.99. The second kappa shape index (κ2) is 9.29. The Labute approximate surface area is 178 Å². The molecule has 0 bridgehead atoms. The van der Waals surface area contributed by atoms with E-state index in [1.54, 1.807) is 31.4 Å². The van der Waals surface area contributed by atoms with Gasteiger partial charge in [-0.25, -0.2) is 9.59 Å². The fourth-order valence-electron chi connectivity index (χ4n) is 3.31. The molecule has 0 aliphatic carbocycles. The van der Waals surface area contributed by atoms with Crippen molar-refractivity contribution < 1.29 is 33.4 Å². The van der Waals surface area contributed by atoms with Gasteiger partial charge in [-0.3, -0.25) is 9.59 Å². The third-order valence-corrected chi connectivity index (χ3v) is 4.98. The normalized spacial score (nSPS) is 15.4. The third-order valence-electron chi connectivity index (χ3n) is 4.98. The zero-order valence-electron chi connectivity index (χ0n) is 17.3. The van der Waals surface area contributed by atoms with Crippen LogP contribution in [0.2, 0.25) is 0 Å². The summed E-state index contributed by atoms with van der Waals surface area (Å²) in [5.41, 5.74) is 1.01. The van der Waals surface area contributed by atoms with Crippen LogP contribution in [0.4, 0.5) is 11.4 Å². The van der Waals surface area contributed by atoms with Crippen LogP contribution < -0.4 is 15.0 Å². The van der Waals surface area contributed by atoms with E-state index in [-0.39, 0.29) is 35.7 Å². The Hall–Kier alpha value is -3.88. The van der Waals surface area contributed by atoms with Gasteiger partial charge in [0.15, 0.2) is 0 Å². The summed E-state index contributed by atoms with van der Waals surface area (Å²) in [6.45, 7) is 0.182. The summed E-state index contributed by atoms with van der Waals surface area (Å²) < 4.78 is 14.6. The molecule has 0 spiro atoms. The Morgan fingerprint density at radius 2 is 1.65 bits per heavy atom. The molecule has 1 heterocycles. The number of carbonyl (C=O) groups excluding carboxylic acids is 4. The quantitative estimate of drug-likeness (QED) is 0.705. The fraction of sp³-hybridized carbons (Fsp3) is 0.273. The molecule has 1 aliphatic rings. The number of methoxy groups -OCH3 is 3. The van der Waals surface area contributed by atoms with Gasteiger partial charge in [-0.05, 0) is 42.5 Å². The smallest absolute Gasteiger partial charge is 0.339 e. The van der Waals surface area contributed by atoms with E-state index in [2.05, 4.69) is 10.1 Å². The molecule has 31 heavy (non-hydrogen) atoms. The van der Waals surface area contributed by atoms with Crippen molar-refractivity contribution in [1.82, 2.24) is 0 Å². The van der Waals surface area contributed by atoms with Gasteiger partial charge < -0.3 is 24.4 Å². The first-order chi connectivity index (χ1) is 14.9. The van der Waals surface area contributed by atoms with Gasteiger partial charge in [0, 0.05) is 18.7 Å². The zero-order valence-corrected chi connectivity index (χ0v) is 17.3. The van der Waals surface area contributed by atoms with Crippen LogP contribution in [0.1, 0.15) is 27.1 Å². The summed E-state index contributed by atoms with van der Waals surface area (Å²) >= 11 is 0. The van der Waals surface area contributed by atoms with E-state index in [9.17, 15) is 19.2 Å². The highest BCUT2D eigenvalue weighted by Crippen LogP contribution is 2.28. The van der Waals surface area contributed by atoms with Crippen LogP contribution in [0, 0.1) is 5.92 Å². The molecule has 2 amide bonds. The second-order valence-electron chi connectivity index (χ2n) is 6.84. The molecule has 1 unspecified atom stereocenters. The first kappa shape index (κ1) is 21.8. The van der Waals surface area contributed by atoms with E-state index in [1.807, 2.05) is 0 Å². The summed E-state index contributed by atoms with van der Waals surface area (Å²) in [6, 6.07) is 11.1. The van der Waals surface area contributed by atoms with Gasteiger partial charge in [0.25, 0.3) is 0 Å². The Morgan fingerprint density at radius 1 is 0.968 bits per heavy atom. The number of hydrogen-bond acceptors (Lipinski definition) is 7. The van der Waals surface area contributed by atoms with Gasteiger partial charge in [-0.15, -0.1) is 0 Å². The van der Waals surface area contributed by atoms with Crippen LogP contribution in [0.25, 0.3) is 0 Å². The van der Waals surface area contributed by atoms with E-state index in [4.69, 9.17) is 9.47 Å². The molecule has 1 fully saturated rings. The number of carbonyl (C=O) groups is 4. The van der Waals surface area contributed by atoms with Gasteiger partial charge in [-0.2, -0.15) is 0 Å². The molecule has 2 aromatic rings. The van der Waals surface area contributed by atoms with Gasteiger partial charge in [-0.1, -0.05) is 0 Å². The topological polar surface area (TPSA) is 111 Å². The number of ether oxygens (including phenoxy) is 3. The minimum atomic E-state index is -0.672. The number of esters is 2. The summed E-state index contributed by atoms with van der Waals surface area (Å²) in [5.74, 6) is -1.91. The van der Waals surface area contributed by atoms with E-state index in [1.165, 1.54) is 37.3 Å². The largest absolute Gasteiger partial charge is 0.497 e. The molecular formula is C22H22N2O7. The average Bonchev–Trinajstić information content (AvgIpc) is 3.19. The summed E-state index contributed by atoms with van der Waals surface area (Å²) in [6.07, 6.45) is 0.0160. The van der Waals surface area contributed by atoms with Crippen LogP contribution in [-0.2, 0) is 19.1 Å². The van der Waals surface area contributed by atoms with Crippen molar-refractivity contribution in [2.24, 2.45) is 5.92 Å². The number of hydrogen-bond donors (Lipinski definition) is 1. The number of rotatable bonds is 6. The predicted molar refractivity (Wildman–Crippen MR) is 111 cm³/mol. The van der Waals surface area contributed by atoms with Crippen molar-refractivity contribution in [3.63, 3.8) is 0 Å². The predicted octanol–water partition coefficient (Wildman–Crippen LogP) is 2.26. The molecule has 0 radical (unpaired) electrons. The van der Waals surface area contributed by atoms with Crippen molar-refractivity contribution >= 4 is 35.1 Å². The average molecular weight is 426 g/mol. The van der Waals surface area contributed by atoms with Crippen molar-refractivity contribution in [2.45, 2.75) is 6.42 Å². The van der Waals surface area contributed by atoms with E-state index >= 15 is 0 Å². The van der Waals surface area contributed by atoms with Crippen molar-refractivity contribution in [3.8, 4) is 5.75 Å². The lowest BCUT2D eigenvalue weighted by molar-refractivity contribution is -0.122. The van der Waals surface area contributed by atoms with Crippen LogP contribution in [0.5, 0.6) is 5.75 Å². The molecule has 2 aromatic carbocycles. The van der Waals surface area contributed by atoms with Gasteiger partial charge in [0.1, 0.15) is 5.75 Å². The maximum absolute atomic E-state index is 12.9. The molecule has 9 nitrogen and oxygen atoms in total. The van der Waals surface area contributed by atoms with Crippen molar-refractivity contribution in [3.05, 3.63) is 53.6 Å². The maximum atomic E-state index is 12.9. The fourth-order valence-corrected chi connectivity index (χ4v) is 3.31. The molecule has 1 aliphatic heterocycles. The molecule has 0 saturated carbocycles. The van der Waals surface area contributed by atoms with Gasteiger partial charge >= 0.3 is 11.9 Å². The highest BCUT2D eigenvalue weighted by Gasteiger charge is 2.35. The van der Waals surface area contributed by atoms with E-state index in [0.717, 1.165) is 0 Å². The van der Waals surface area contributed by atoms with Gasteiger partial charge in [0.2, 0.25) is 11.8 Å². The van der Waals surface area contributed by atoms with Crippen LogP contribution >= 0.6 is 0 Å². The number of amides is 2. The van der Waals surface area contributed by atoms with Crippen LogP contribution in [0.3, 0.4) is 0 Å². The Balaban J connectivity index is 1.79. The lowest BCUT2D eigenvalue weighted by Crippen LogP contribution is -2.28. The van der Waals surface area contributed by atoms with Gasteiger partial charge in [0.05, 0.1) is 44.1 Å². The summed E-state index contributed by atoms with van der Waals surface area (Å²) in [4.78, 5) is 50.8. The minimum absolute atomic E-state index is 0.0160. The SMILES string of the molecule is COC(=O)c1ccc(C(=O)OC)c(NC(=O)C2CC(=O)N(c3ccc(OC)cc3)C2)c1. The standard InChI is InChI=1S/C22H22N2O7/c1-29-16-7-5-15(6-8-16)24-12-14(11-19(24)25)20(26)23-18-10-13(21(27)30-2)4-9-17(18)22(28)31-3/h4-10,14H,11-12H2,1-3H3,(H,23,26). The highest BCUT2D eigenvalue weighted by molar-refractivity contribution is 6.07. The van der Waals surface area contributed by atoms with Crippen LogP contribution in [0.15, 0.2) is 42.5 Å². The highest BCUT2D eigenvalue weighted by atomic mass is 16.5. The number of benzene rings is 2. The molecule has 1 atom stereocenters. The Bertz CT molecular complexity index is 1020. The molecule has 1 saturated heterocycles. The number of nitrogens with one attached hydrogen (secondary N) is 1. The van der Waals surface area contributed by atoms with Crippen molar-refractivity contribution in [2.75, 3.05) is 38.1 Å². The lowest BCUT2D eigenvalue weighted by Gasteiger charge is -2.17. The Kier molecular flexibility index (Phi) is 6.54. The lowest BCUT2D eigenvalue weighted by atomic mass is 10.1. The van der Waals surface area contributed by atoms with E-state index in [0.29, 0.717) is 11.4 Å². The second-order valence-corrected chi connectivity index (χ2v) is 6.84. The van der Waals surface area contributed by atoms with E-state index < -0.39 is 23.8 Å². The van der Waals surface area contributed by atoms with Crippen LogP contribution in [-0.4, -0.2) is 51.6 Å². The number of nitrogens with zero attached hydrogens (tertiary/aromatic N) is 1. The molecule has 162 valence electrons. The molecule has 9 heteroatoms. The third kappa shape index (κ3) is 4.66. The first-order valence-corrected chi connectivity index (χ1v) is 9.44. The zero-order chi connectivity index (χ0) is 22.5. The first-order valence-electron chi connectivity index (χ1n) is 9.44. The minimum Gasteiger partial charge on any atom is -0.497 e. The monoisotopic (exact) mass is 426 g/mol. The van der Waals surface area contributed by atoms with Crippen molar-refractivity contribution in [1.29, 1.82) is 0 Å². The molecule has 0 aromatic heterocycles. The summed E-state index contributed by atoms with van der Waals surface area (Å²) in [5, 5.41) is 2.65.